The number of carbonyl (C=O) groups excluding carboxylic acids is 2. The number of rotatable bonds is 5. The molecule has 1 aliphatic heterocycles. The minimum Gasteiger partial charge on any atom is -0.326 e. The Kier molecular flexibility index (Phi) is 4.43. The number of hydrogen-bond donors (Lipinski definition) is 1. The first-order chi connectivity index (χ1) is 12.3. The Morgan fingerprint density at radius 3 is 2.58 bits per heavy atom. The van der Waals surface area contributed by atoms with E-state index in [1.165, 1.54) is 42.5 Å². The number of anilines is 1. The average Bonchev–Trinajstić information content (AvgIpc) is 2.80. The molecule has 0 fully saturated rings. The van der Waals surface area contributed by atoms with Gasteiger partial charge in [-0.15, -0.1) is 0 Å². The zero-order valence-corrected chi connectivity index (χ0v) is 14.1. The summed E-state index contributed by atoms with van der Waals surface area (Å²) in [6, 6.07) is 11.2. The highest BCUT2D eigenvalue weighted by Crippen LogP contribution is 2.29. The number of non-ortho nitro benzene ring substituents is 1. The number of nitrogens with one attached hydrogen (secondary N) is 1. The first kappa shape index (κ1) is 17.5. The van der Waals surface area contributed by atoms with E-state index in [4.69, 9.17) is 0 Å². The molecule has 0 saturated heterocycles. The average molecular weight is 375 g/mol. The molecule has 0 radical (unpaired) electrons. The predicted molar refractivity (Wildman–Crippen MR) is 91.0 cm³/mol. The molecule has 1 aliphatic rings. The topological polar surface area (TPSA) is 127 Å². The number of sulfonamides is 1. The minimum absolute atomic E-state index is 0.0755. The molecule has 2 amide bonds. The molecule has 9 nitrogen and oxygen atoms in total. The van der Waals surface area contributed by atoms with Crippen LogP contribution in [-0.2, 0) is 14.8 Å². The molecule has 0 atom stereocenters. The summed E-state index contributed by atoms with van der Waals surface area (Å²) in [7, 11) is -3.97. The van der Waals surface area contributed by atoms with E-state index in [1.807, 2.05) is 0 Å². The predicted octanol–water partition coefficient (Wildman–Crippen LogP) is 1.77. The fraction of sp³-hybridized carbons (Fsp3) is 0.125. The van der Waals surface area contributed by atoms with Gasteiger partial charge in [0.05, 0.1) is 10.5 Å². The van der Waals surface area contributed by atoms with Crippen LogP contribution in [0.5, 0.6) is 0 Å². The second-order valence-corrected chi connectivity index (χ2v) is 7.31. The number of nitrogens with zero attached hydrogens (tertiary/aromatic N) is 2. The van der Waals surface area contributed by atoms with Gasteiger partial charge in [-0.25, -0.2) is 12.7 Å². The summed E-state index contributed by atoms with van der Waals surface area (Å²) >= 11 is 0. The molecule has 2 aromatic rings. The summed E-state index contributed by atoms with van der Waals surface area (Å²) in [5.74, 6) is -1.24. The maximum absolute atomic E-state index is 12.4. The lowest BCUT2D eigenvalue weighted by Crippen LogP contribution is -2.33. The van der Waals surface area contributed by atoms with Crippen LogP contribution in [0.3, 0.4) is 0 Å². The molecule has 0 saturated carbocycles. The van der Waals surface area contributed by atoms with Crippen LogP contribution in [0, 0.1) is 10.1 Å². The van der Waals surface area contributed by atoms with E-state index in [1.54, 1.807) is 6.07 Å². The van der Waals surface area contributed by atoms with Gasteiger partial charge in [0, 0.05) is 30.8 Å². The summed E-state index contributed by atoms with van der Waals surface area (Å²) in [6.45, 7) is -0.323. The Labute approximate surface area is 148 Å². The molecule has 0 aliphatic carbocycles. The van der Waals surface area contributed by atoms with Crippen molar-refractivity contribution < 1.29 is 22.9 Å². The molecule has 0 unspecified atom stereocenters. The molecule has 0 aromatic heterocycles. The van der Waals surface area contributed by atoms with Gasteiger partial charge in [0.25, 0.3) is 21.6 Å². The van der Waals surface area contributed by atoms with Crippen molar-refractivity contribution >= 4 is 33.2 Å². The Morgan fingerprint density at radius 1 is 1.15 bits per heavy atom. The van der Waals surface area contributed by atoms with E-state index in [0.29, 0.717) is 4.31 Å². The summed E-state index contributed by atoms with van der Waals surface area (Å²) in [4.78, 5) is 34.3. The zero-order chi connectivity index (χ0) is 18.9. The van der Waals surface area contributed by atoms with E-state index in [0.717, 1.165) is 0 Å². The van der Waals surface area contributed by atoms with Crippen molar-refractivity contribution in [1.29, 1.82) is 0 Å². The molecular formula is C16H13N3O6S. The second-order valence-electron chi connectivity index (χ2n) is 5.48. The number of amides is 2. The van der Waals surface area contributed by atoms with Crippen LogP contribution in [0.15, 0.2) is 53.4 Å². The molecular weight excluding hydrogens is 362 g/mol. The SMILES string of the molecule is O=C(CCN1C(=O)c2ccccc2S1(=O)=O)Nc1cccc([N+](=O)[O-])c1. The van der Waals surface area contributed by atoms with Gasteiger partial charge in [-0.05, 0) is 18.2 Å². The molecule has 0 bridgehead atoms. The number of benzene rings is 2. The van der Waals surface area contributed by atoms with Gasteiger partial charge in [-0.3, -0.25) is 19.7 Å². The first-order valence-electron chi connectivity index (χ1n) is 7.51. The molecule has 0 spiro atoms. The van der Waals surface area contributed by atoms with Gasteiger partial charge in [0.15, 0.2) is 0 Å². The Hall–Kier alpha value is -3.27. The molecule has 3 rings (SSSR count). The van der Waals surface area contributed by atoms with Gasteiger partial charge in [0.1, 0.15) is 4.90 Å². The normalized spacial score (nSPS) is 14.8. The van der Waals surface area contributed by atoms with Crippen LogP contribution in [-0.4, -0.2) is 36.0 Å². The van der Waals surface area contributed by atoms with Crippen molar-refractivity contribution in [3.8, 4) is 0 Å². The lowest BCUT2D eigenvalue weighted by molar-refractivity contribution is -0.384. The van der Waals surface area contributed by atoms with Crippen molar-refractivity contribution in [2.45, 2.75) is 11.3 Å². The molecule has 26 heavy (non-hydrogen) atoms. The summed E-state index contributed by atoms with van der Waals surface area (Å²) < 4.78 is 25.4. The lowest BCUT2D eigenvalue weighted by Gasteiger charge is -2.14. The number of nitro groups is 1. The van der Waals surface area contributed by atoms with Crippen LogP contribution in [0.1, 0.15) is 16.8 Å². The quantitative estimate of drug-likeness (QED) is 0.627. The summed E-state index contributed by atoms with van der Waals surface area (Å²) in [5, 5.41) is 13.2. The van der Waals surface area contributed by atoms with E-state index >= 15 is 0 Å². The Balaban J connectivity index is 1.68. The first-order valence-corrected chi connectivity index (χ1v) is 8.95. The van der Waals surface area contributed by atoms with Crippen LogP contribution in [0.4, 0.5) is 11.4 Å². The van der Waals surface area contributed by atoms with Gasteiger partial charge in [-0.1, -0.05) is 18.2 Å². The molecule has 2 aromatic carbocycles. The van der Waals surface area contributed by atoms with Gasteiger partial charge < -0.3 is 5.32 Å². The third-order valence-corrected chi connectivity index (χ3v) is 5.64. The number of carbonyl (C=O) groups is 2. The zero-order valence-electron chi connectivity index (χ0n) is 13.3. The van der Waals surface area contributed by atoms with Crippen molar-refractivity contribution in [2.24, 2.45) is 0 Å². The molecule has 134 valence electrons. The number of hydrogen-bond acceptors (Lipinski definition) is 6. The summed E-state index contributed by atoms with van der Waals surface area (Å²) in [5.41, 5.74) is 0.102. The van der Waals surface area contributed by atoms with Crippen LogP contribution < -0.4 is 5.32 Å². The smallest absolute Gasteiger partial charge is 0.271 e. The van der Waals surface area contributed by atoms with Crippen LogP contribution in [0.2, 0.25) is 0 Å². The maximum Gasteiger partial charge on any atom is 0.271 e. The highest BCUT2D eigenvalue weighted by Gasteiger charge is 2.40. The van der Waals surface area contributed by atoms with Crippen molar-refractivity contribution in [3.63, 3.8) is 0 Å². The Bertz CT molecular complexity index is 1020. The lowest BCUT2D eigenvalue weighted by atomic mass is 10.2. The largest absolute Gasteiger partial charge is 0.326 e. The van der Waals surface area contributed by atoms with Crippen LogP contribution in [0.25, 0.3) is 0 Å². The summed E-state index contributed by atoms with van der Waals surface area (Å²) in [6.07, 6.45) is -0.276. The molecule has 10 heteroatoms. The van der Waals surface area contributed by atoms with Crippen molar-refractivity contribution in [1.82, 2.24) is 4.31 Å². The highest BCUT2D eigenvalue weighted by atomic mass is 32.2. The second kappa shape index (κ2) is 6.56. The van der Waals surface area contributed by atoms with E-state index in [2.05, 4.69) is 5.32 Å². The van der Waals surface area contributed by atoms with E-state index in [-0.39, 0.29) is 34.8 Å². The van der Waals surface area contributed by atoms with Gasteiger partial charge in [0.2, 0.25) is 5.91 Å². The minimum atomic E-state index is -3.97. The van der Waals surface area contributed by atoms with E-state index < -0.39 is 26.8 Å². The Morgan fingerprint density at radius 2 is 1.88 bits per heavy atom. The third kappa shape index (κ3) is 3.14. The highest BCUT2D eigenvalue weighted by molar-refractivity contribution is 7.90. The maximum atomic E-state index is 12.4. The van der Waals surface area contributed by atoms with Crippen molar-refractivity contribution in [3.05, 3.63) is 64.2 Å². The van der Waals surface area contributed by atoms with Gasteiger partial charge >= 0.3 is 0 Å². The van der Waals surface area contributed by atoms with Crippen LogP contribution >= 0.6 is 0 Å². The molecule has 1 heterocycles. The number of nitro benzene ring substituents is 1. The van der Waals surface area contributed by atoms with Crippen molar-refractivity contribution in [2.75, 3.05) is 11.9 Å². The van der Waals surface area contributed by atoms with E-state index in [9.17, 15) is 28.1 Å². The monoisotopic (exact) mass is 375 g/mol. The molecule has 1 N–H and O–H groups in total. The standard InChI is InChI=1S/C16H13N3O6S/c20-15(17-11-4-3-5-12(10-11)19(22)23)8-9-18-16(21)13-6-1-2-7-14(13)26(18,24)25/h1-7,10H,8-9H2,(H,17,20). The third-order valence-electron chi connectivity index (χ3n) is 3.79. The number of fused-ring (bicyclic) bond motifs is 1. The fourth-order valence-corrected chi connectivity index (χ4v) is 4.15. The fourth-order valence-electron chi connectivity index (χ4n) is 2.58. The van der Waals surface area contributed by atoms with Gasteiger partial charge in [-0.2, -0.15) is 0 Å².